The maximum Gasteiger partial charge on any atom is 0.221 e. The van der Waals surface area contributed by atoms with Crippen LogP contribution in [-0.4, -0.2) is 17.6 Å². The Hall–Kier alpha value is -1.10. The third-order valence-corrected chi connectivity index (χ3v) is 2.33. The van der Waals surface area contributed by atoms with Gasteiger partial charge in [-0.3, -0.25) is 4.79 Å². The van der Waals surface area contributed by atoms with Gasteiger partial charge in [0.15, 0.2) is 0 Å². The van der Waals surface area contributed by atoms with Crippen LogP contribution >= 0.6 is 12.4 Å². The van der Waals surface area contributed by atoms with Crippen molar-refractivity contribution in [2.45, 2.75) is 25.8 Å². The van der Waals surface area contributed by atoms with Gasteiger partial charge in [0, 0.05) is 25.3 Å². The van der Waals surface area contributed by atoms with Crippen molar-refractivity contribution in [1.29, 1.82) is 0 Å². The molecule has 0 aromatic heterocycles. The number of hydrogen-bond donors (Lipinski definition) is 3. The Morgan fingerprint density at radius 3 is 2.47 bits per heavy atom. The fourth-order valence-electron chi connectivity index (χ4n) is 1.49. The number of hydrogen-bond acceptors (Lipinski definition) is 3. The molecule has 0 aliphatic rings. The highest BCUT2D eigenvalue weighted by molar-refractivity contribution is 5.88. The summed E-state index contributed by atoms with van der Waals surface area (Å²) in [5.41, 5.74) is 7.72. The highest BCUT2D eigenvalue weighted by Gasteiger charge is 2.05. The number of benzene rings is 1. The molecular formula is C12H19ClN2O2. The molecule has 0 radical (unpaired) electrons. The first kappa shape index (κ1) is 15.9. The lowest BCUT2D eigenvalue weighted by atomic mass is 10.0. The van der Waals surface area contributed by atoms with Crippen LogP contribution in [0.3, 0.4) is 0 Å². The molecule has 1 atom stereocenters. The van der Waals surface area contributed by atoms with E-state index in [2.05, 4.69) is 5.32 Å². The topological polar surface area (TPSA) is 75.4 Å². The van der Waals surface area contributed by atoms with E-state index in [1.165, 1.54) is 6.92 Å². The molecular weight excluding hydrogens is 240 g/mol. The number of anilines is 1. The average molecular weight is 259 g/mol. The van der Waals surface area contributed by atoms with Gasteiger partial charge in [-0.25, -0.2) is 0 Å². The van der Waals surface area contributed by atoms with Crippen LogP contribution in [0.1, 0.15) is 31.4 Å². The molecule has 0 aliphatic heterocycles. The summed E-state index contributed by atoms with van der Waals surface area (Å²) >= 11 is 0. The number of nitrogens with one attached hydrogen (secondary N) is 1. The number of aliphatic hydroxyl groups excluding tert-OH is 1. The Labute approximate surface area is 108 Å². The number of nitrogens with two attached hydrogens (primary N) is 1. The Bertz CT molecular complexity index is 341. The largest absolute Gasteiger partial charge is 0.396 e. The Kier molecular flexibility index (Phi) is 7.54. The van der Waals surface area contributed by atoms with Gasteiger partial charge in [-0.05, 0) is 30.5 Å². The van der Waals surface area contributed by atoms with Gasteiger partial charge >= 0.3 is 0 Å². The SMILES string of the molecule is CC(=O)Nc1ccc([C@@H](N)CCCO)cc1.Cl. The lowest BCUT2D eigenvalue weighted by Gasteiger charge is -2.11. The average Bonchev–Trinajstić information content (AvgIpc) is 2.26. The third kappa shape index (κ3) is 5.68. The summed E-state index contributed by atoms with van der Waals surface area (Å²) in [6.07, 6.45) is 1.46. The van der Waals surface area contributed by atoms with Gasteiger partial charge in [0.2, 0.25) is 5.91 Å². The lowest BCUT2D eigenvalue weighted by molar-refractivity contribution is -0.114. The van der Waals surface area contributed by atoms with Crippen LogP contribution in [-0.2, 0) is 4.79 Å². The van der Waals surface area contributed by atoms with E-state index in [9.17, 15) is 4.79 Å². The number of aliphatic hydroxyl groups is 1. The molecule has 0 unspecified atom stereocenters. The second-order valence-corrected chi connectivity index (χ2v) is 3.78. The minimum Gasteiger partial charge on any atom is -0.396 e. The molecule has 4 nitrogen and oxygen atoms in total. The Morgan fingerprint density at radius 2 is 2.00 bits per heavy atom. The van der Waals surface area contributed by atoms with Crippen molar-refractivity contribution in [3.63, 3.8) is 0 Å². The minimum atomic E-state index is -0.0858. The normalized spacial score (nSPS) is 11.5. The molecule has 0 saturated carbocycles. The summed E-state index contributed by atoms with van der Waals surface area (Å²) < 4.78 is 0. The van der Waals surface area contributed by atoms with Gasteiger partial charge < -0.3 is 16.2 Å². The van der Waals surface area contributed by atoms with Crippen molar-refractivity contribution in [1.82, 2.24) is 0 Å². The van der Waals surface area contributed by atoms with E-state index in [1.54, 1.807) is 0 Å². The van der Waals surface area contributed by atoms with Crippen molar-refractivity contribution in [2.24, 2.45) is 5.73 Å². The molecule has 0 fully saturated rings. The van der Waals surface area contributed by atoms with Gasteiger partial charge in [0.05, 0.1) is 0 Å². The van der Waals surface area contributed by atoms with Crippen LogP contribution in [0.2, 0.25) is 0 Å². The van der Waals surface area contributed by atoms with Crippen molar-refractivity contribution in [2.75, 3.05) is 11.9 Å². The molecule has 1 aromatic carbocycles. The molecule has 0 spiro atoms. The van der Waals surface area contributed by atoms with Crippen LogP contribution in [0.4, 0.5) is 5.69 Å². The van der Waals surface area contributed by atoms with Gasteiger partial charge in [-0.15, -0.1) is 12.4 Å². The standard InChI is InChI=1S/C12H18N2O2.ClH/c1-9(16)14-11-6-4-10(5-7-11)12(13)3-2-8-15;/h4-7,12,15H,2-3,8,13H2,1H3,(H,14,16);1H/t12-;/m0./s1. The molecule has 1 rings (SSSR count). The fourth-order valence-corrected chi connectivity index (χ4v) is 1.49. The molecule has 0 aliphatic carbocycles. The lowest BCUT2D eigenvalue weighted by Crippen LogP contribution is -2.11. The van der Waals surface area contributed by atoms with E-state index in [4.69, 9.17) is 10.8 Å². The van der Waals surface area contributed by atoms with E-state index >= 15 is 0 Å². The highest BCUT2D eigenvalue weighted by atomic mass is 35.5. The van der Waals surface area contributed by atoms with Crippen LogP contribution in [0.5, 0.6) is 0 Å². The van der Waals surface area contributed by atoms with Crippen molar-refractivity contribution >= 4 is 24.0 Å². The summed E-state index contributed by atoms with van der Waals surface area (Å²) in [7, 11) is 0. The van der Waals surface area contributed by atoms with E-state index in [1.807, 2.05) is 24.3 Å². The number of rotatable bonds is 5. The summed E-state index contributed by atoms with van der Waals surface area (Å²) in [5.74, 6) is -0.0858. The molecule has 5 heteroatoms. The van der Waals surface area contributed by atoms with Crippen molar-refractivity contribution in [3.8, 4) is 0 Å². The summed E-state index contributed by atoms with van der Waals surface area (Å²) in [4.78, 5) is 10.8. The zero-order valence-electron chi connectivity index (χ0n) is 9.85. The van der Waals surface area contributed by atoms with E-state index in [0.29, 0.717) is 6.42 Å². The molecule has 0 bridgehead atoms. The summed E-state index contributed by atoms with van der Waals surface area (Å²) in [5, 5.41) is 11.4. The Balaban J connectivity index is 0.00000256. The summed E-state index contributed by atoms with van der Waals surface area (Å²) in [6, 6.07) is 7.39. The quantitative estimate of drug-likeness (QED) is 0.754. The number of carbonyl (C=O) groups is 1. The zero-order chi connectivity index (χ0) is 12.0. The van der Waals surface area contributed by atoms with Crippen LogP contribution in [0.15, 0.2) is 24.3 Å². The minimum absolute atomic E-state index is 0. The first-order valence-electron chi connectivity index (χ1n) is 5.37. The first-order chi connectivity index (χ1) is 7.63. The number of halogens is 1. The predicted octanol–water partition coefficient (Wildman–Crippen LogP) is 1.84. The zero-order valence-corrected chi connectivity index (χ0v) is 10.7. The molecule has 0 heterocycles. The monoisotopic (exact) mass is 258 g/mol. The third-order valence-electron chi connectivity index (χ3n) is 2.33. The second kappa shape index (κ2) is 8.06. The smallest absolute Gasteiger partial charge is 0.221 e. The molecule has 17 heavy (non-hydrogen) atoms. The van der Waals surface area contributed by atoms with E-state index < -0.39 is 0 Å². The van der Waals surface area contributed by atoms with Crippen molar-refractivity contribution < 1.29 is 9.90 Å². The number of carbonyl (C=O) groups excluding carboxylic acids is 1. The maximum atomic E-state index is 10.8. The molecule has 96 valence electrons. The summed E-state index contributed by atoms with van der Waals surface area (Å²) in [6.45, 7) is 1.64. The van der Waals surface area contributed by atoms with E-state index in [-0.39, 0.29) is 31.0 Å². The maximum absolute atomic E-state index is 10.8. The Morgan fingerprint density at radius 1 is 1.41 bits per heavy atom. The molecule has 4 N–H and O–H groups in total. The van der Waals surface area contributed by atoms with Gasteiger partial charge in [0.1, 0.15) is 0 Å². The molecule has 1 amide bonds. The first-order valence-corrected chi connectivity index (χ1v) is 5.37. The van der Waals surface area contributed by atoms with Crippen LogP contribution in [0.25, 0.3) is 0 Å². The second-order valence-electron chi connectivity index (χ2n) is 3.78. The van der Waals surface area contributed by atoms with Gasteiger partial charge in [-0.1, -0.05) is 12.1 Å². The highest BCUT2D eigenvalue weighted by Crippen LogP contribution is 2.18. The van der Waals surface area contributed by atoms with Crippen LogP contribution in [0, 0.1) is 0 Å². The van der Waals surface area contributed by atoms with Crippen LogP contribution < -0.4 is 11.1 Å². The molecule has 0 saturated heterocycles. The fraction of sp³-hybridized carbons (Fsp3) is 0.417. The number of amides is 1. The van der Waals surface area contributed by atoms with Gasteiger partial charge in [0.25, 0.3) is 0 Å². The van der Waals surface area contributed by atoms with E-state index in [0.717, 1.165) is 17.7 Å². The van der Waals surface area contributed by atoms with Gasteiger partial charge in [-0.2, -0.15) is 0 Å². The predicted molar refractivity (Wildman–Crippen MR) is 71.2 cm³/mol. The van der Waals surface area contributed by atoms with Crippen molar-refractivity contribution in [3.05, 3.63) is 29.8 Å². The molecule has 1 aromatic rings.